The van der Waals surface area contributed by atoms with Crippen LogP contribution in [0.2, 0.25) is 0 Å². The third-order valence-corrected chi connectivity index (χ3v) is 11.7. The summed E-state index contributed by atoms with van der Waals surface area (Å²) in [5.74, 6) is 1.97. The number of fused-ring (bicyclic) bond motifs is 8. The Morgan fingerprint density at radius 3 is 2.36 bits per heavy atom. The number of aryl methyl sites for hydroxylation is 5. The van der Waals surface area contributed by atoms with E-state index in [1.807, 2.05) is 6.20 Å². The van der Waals surface area contributed by atoms with E-state index in [4.69, 9.17) is 19.5 Å². The predicted molar refractivity (Wildman–Crippen MR) is 197 cm³/mol. The molecule has 6 heteroatoms. The van der Waals surface area contributed by atoms with Crippen LogP contribution in [0.15, 0.2) is 71.9 Å². The summed E-state index contributed by atoms with van der Waals surface area (Å²) in [6, 6.07) is 29.4. The third-order valence-electron chi connectivity index (χ3n) is 11.7. The van der Waals surface area contributed by atoms with Gasteiger partial charge < -0.3 is 14.0 Å². The second-order valence-corrected chi connectivity index (χ2v) is 15.4. The molecule has 9 rings (SSSR count). The van der Waals surface area contributed by atoms with Gasteiger partial charge in [0.15, 0.2) is 0 Å². The molecule has 3 aliphatic rings. The minimum Gasteiger partial charge on any atom is -0.508 e. The molecular formula is C44H41N3O2Pt. The number of rotatable bonds is 3. The van der Waals surface area contributed by atoms with Crippen molar-refractivity contribution in [3.05, 3.63) is 129 Å². The zero-order valence-corrected chi connectivity index (χ0v) is 32.2. The summed E-state index contributed by atoms with van der Waals surface area (Å²) in [6.45, 7) is 17.4. The average molecular weight is 839 g/mol. The van der Waals surface area contributed by atoms with E-state index in [0.717, 1.165) is 63.8 Å². The topological polar surface area (TPSA) is 48.6 Å². The smallest absolute Gasteiger partial charge is 0.508 e. The van der Waals surface area contributed by atoms with Crippen LogP contribution in [0.4, 0.5) is 0 Å². The molecule has 254 valence electrons. The molecule has 0 unspecified atom stereocenters. The predicted octanol–water partition coefficient (Wildman–Crippen LogP) is 10.2. The summed E-state index contributed by atoms with van der Waals surface area (Å²) in [6.07, 6.45) is 5.02. The number of benzene rings is 4. The largest absolute Gasteiger partial charge is 2.00 e. The number of aliphatic imine (C=N–C) groups is 1. The summed E-state index contributed by atoms with van der Waals surface area (Å²) in [5, 5.41) is 2.37. The van der Waals surface area contributed by atoms with Crippen LogP contribution in [-0.2, 0) is 43.2 Å². The summed E-state index contributed by atoms with van der Waals surface area (Å²) >= 11 is 0. The second kappa shape index (κ2) is 11.1. The van der Waals surface area contributed by atoms with Gasteiger partial charge in [0.2, 0.25) is 0 Å². The number of hydrogen-bond donors (Lipinski definition) is 0. The van der Waals surface area contributed by atoms with Crippen molar-refractivity contribution >= 4 is 27.8 Å². The van der Waals surface area contributed by atoms with Gasteiger partial charge in [-0.05, 0) is 73.8 Å². The first-order valence-corrected chi connectivity index (χ1v) is 17.5. The van der Waals surface area contributed by atoms with Crippen molar-refractivity contribution in [2.45, 2.75) is 91.2 Å². The van der Waals surface area contributed by atoms with E-state index < -0.39 is 5.60 Å². The molecule has 0 radical (unpaired) electrons. The molecule has 0 N–H and O–H groups in total. The zero-order valence-electron chi connectivity index (χ0n) is 29.9. The number of para-hydroxylation sites is 1. The van der Waals surface area contributed by atoms with Crippen molar-refractivity contribution in [3.8, 4) is 17.2 Å². The molecule has 0 amide bonds. The summed E-state index contributed by atoms with van der Waals surface area (Å²) < 4.78 is 16.0. The molecule has 1 aliphatic carbocycles. The molecule has 4 aromatic carbocycles. The van der Waals surface area contributed by atoms with E-state index in [0.29, 0.717) is 17.4 Å². The molecule has 0 bridgehead atoms. The van der Waals surface area contributed by atoms with Crippen LogP contribution >= 0.6 is 0 Å². The van der Waals surface area contributed by atoms with Crippen molar-refractivity contribution < 1.29 is 30.5 Å². The van der Waals surface area contributed by atoms with E-state index in [2.05, 4.69) is 133 Å². The fourth-order valence-corrected chi connectivity index (χ4v) is 8.73. The van der Waals surface area contributed by atoms with Crippen molar-refractivity contribution in [1.29, 1.82) is 0 Å². The van der Waals surface area contributed by atoms with Gasteiger partial charge in [-0.25, -0.2) is 4.98 Å². The standard InChI is InChI=1S/C44H41N3O2.Pt/c1-25-19-32-30-15-11-17-34-39(30)47(40(32)45-24-25)36-23-38(28(4)21-35(36)42(34,5)6)48-37-22-31(26(2)20-27(37)3)41-46-43(7)18-12-14-29-13-9-10-16-33(29)44(43,8)49-41;/h9-11,13,15-17,19-21,24H,12,14,18H2,1-8H3;/q-2;+2/t43-,44+;/m1./s1. The fraction of sp³-hybridized carbons (Fsp3) is 0.318. The minimum atomic E-state index is -0.564. The first-order chi connectivity index (χ1) is 23.4. The fourth-order valence-electron chi connectivity index (χ4n) is 8.73. The zero-order chi connectivity index (χ0) is 34.0. The molecule has 0 spiro atoms. The SMILES string of the molecule is Cc1cnc2c(c1)c1cccc3c1n2-c1[c-]c(Oc2[c-]c(C4=N[C@]5(C)CCCc6ccccc6[C@]5(C)O4)c(C)cc2C)c(C)cc1C3(C)C.[Pt+2]. The minimum absolute atomic E-state index is 0. The van der Waals surface area contributed by atoms with Crippen LogP contribution in [0.1, 0.15) is 90.6 Å². The van der Waals surface area contributed by atoms with Crippen LogP contribution in [-0.4, -0.2) is 21.0 Å². The van der Waals surface area contributed by atoms with Crippen LogP contribution in [0.3, 0.4) is 0 Å². The Morgan fingerprint density at radius 2 is 1.54 bits per heavy atom. The van der Waals surface area contributed by atoms with Gasteiger partial charge in [0.05, 0.1) is 11.1 Å². The van der Waals surface area contributed by atoms with Crippen molar-refractivity contribution in [2.24, 2.45) is 4.99 Å². The number of hydrogen-bond acceptors (Lipinski definition) is 4. The average Bonchev–Trinajstić information content (AvgIpc) is 3.49. The Morgan fingerprint density at radius 1 is 0.800 bits per heavy atom. The van der Waals surface area contributed by atoms with Crippen LogP contribution in [0.25, 0.3) is 27.6 Å². The Bertz CT molecular complexity index is 2440. The van der Waals surface area contributed by atoms with E-state index in [1.165, 1.54) is 33.2 Å². The van der Waals surface area contributed by atoms with Crippen LogP contribution < -0.4 is 4.74 Å². The molecule has 2 aromatic heterocycles. The molecule has 5 nitrogen and oxygen atoms in total. The number of pyridine rings is 1. The van der Waals surface area contributed by atoms with E-state index in [-0.39, 0.29) is 32.0 Å². The molecule has 6 aromatic rings. The molecule has 0 saturated carbocycles. The van der Waals surface area contributed by atoms with Crippen LogP contribution in [0, 0.1) is 39.8 Å². The number of nitrogens with zero attached hydrogens (tertiary/aromatic N) is 3. The molecule has 2 aliphatic heterocycles. The van der Waals surface area contributed by atoms with E-state index >= 15 is 0 Å². The van der Waals surface area contributed by atoms with E-state index in [1.54, 1.807) is 0 Å². The molecular weight excluding hydrogens is 798 g/mol. The van der Waals surface area contributed by atoms with Gasteiger partial charge in [-0.15, -0.1) is 28.8 Å². The maximum Gasteiger partial charge on any atom is 2.00 e. The van der Waals surface area contributed by atoms with Gasteiger partial charge in [0.25, 0.3) is 0 Å². The summed E-state index contributed by atoms with van der Waals surface area (Å²) in [7, 11) is 0. The normalized spacial score (nSPS) is 21.4. The quantitative estimate of drug-likeness (QED) is 0.167. The maximum atomic E-state index is 6.95. The monoisotopic (exact) mass is 838 g/mol. The molecule has 0 saturated heterocycles. The Hall–Kier alpha value is -4.21. The van der Waals surface area contributed by atoms with Gasteiger partial charge in [-0.2, -0.15) is 6.07 Å². The number of ether oxygens (including phenoxy) is 2. The maximum absolute atomic E-state index is 6.95. The first kappa shape index (κ1) is 33.0. The van der Waals surface area contributed by atoms with Gasteiger partial charge in [-0.3, -0.25) is 4.99 Å². The molecule has 4 heterocycles. The molecule has 2 atom stereocenters. The van der Waals surface area contributed by atoms with Gasteiger partial charge in [0, 0.05) is 28.5 Å². The second-order valence-electron chi connectivity index (χ2n) is 15.4. The van der Waals surface area contributed by atoms with E-state index in [9.17, 15) is 0 Å². The summed E-state index contributed by atoms with van der Waals surface area (Å²) in [4.78, 5) is 10.3. The Balaban J connectivity index is 0.00000361. The van der Waals surface area contributed by atoms with Gasteiger partial charge in [-0.1, -0.05) is 100.0 Å². The number of aromatic nitrogens is 2. The van der Waals surface area contributed by atoms with Crippen LogP contribution in [0.5, 0.6) is 11.5 Å². The Kier molecular flexibility index (Phi) is 7.35. The van der Waals surface area contributed by atoms with Gasteiger partial charge >= 0.3 is 21.1 Å². The first-order valence-electron chi connectivity index (χ1n) is 17.5. The molecule has 50 heavy (non-hydrogen) atoms. The molecule has 0 fully saturated rings. The summed E-state index contributed by atoms with van der Waals surface area (Å²) in [5.41, 5.74) is 12.1. The van der Waals surface area contributed by atoms with Crippen molar-refractivity contribution in [1.82, 2.24) is 9.55 Å². The van der Waals surface area contributed by atoms with Crippen molar-refractivity contribution in [3.63, 3.8) is 0 Å². The van der Waals surface area contributed by atoms with Crippen molar-refractivity contribution in [2.75, 3.05) is 0 Å². The third kappa shape index (κ3) is 4.48. The van der Waals surface area contributed by atoms with Gasteiger partial charge in [0.1, 0.15) is 17.1 Å². The Labute approximate surface area is 309 Å².